The Morgan fingerprint density at radius 1 is 1.45 bits per heavy atom. The summed E-state index contributed by atoms with van der Waals surface area (Å²) >= 11 is 0. The highest BCUT2D eigenvalue weighted by molar-refractivity contribution is 5.56. The fourth-order valence-electron chi connectivity index (χ4n) is 1.23. The van der Waals surface area contributed by atoms with E-state index in [1.165, 1.54) is 10.9 Å². The van der Waals surface area contributed by atoms with E-state index < -0.39 is 0 Å². The van der Waals surface area contributed by atoms with Crippen LogP contribution in [0, 0.1) is 0 Å². The van der Waals surface area contributed by atoms with Gasteiger partial charge < -0.3 is 4.98 Å². The molecular weight excluding hydrogens is 134 g/mol. The van der Waals surface area contributed by atoms with Gasteiger partial charge >= 0.3 is 0 Å². The maximum absolute atomic E-state index is 3.18. The lowest BCUT2D eigenvalue weighted by Gasteiger charge is -1.84. The lowest BCUT2D eigenvalue weighted by Crippen LogP contribution is -2.22. The molecule has 0 saturated heterocycles. The normalized spacial score (nSPS) is 14.1. The SMILES string of the molecule is CC1=c2[nH]ccc2=C=CC=C1. The molecule has 1 aromatic rings. The molecule has 1 heterocycles. The monoisotopic (exact) mass is 143 g/mol. The molecule has 0 unspecified atom stereocenters. The van der Waals surface area contributed by atoms with Crippen molar-refractivity contribution in [2.24, 2.45) is 0 Å². The van der Waals surface area contributed by atoms with Gasteiger partial charge in [0.25, 0.3) is 0 Å². The number of aromatic amines is 1. The van der Waals surface area contributed by atoms with Gasteiger partial charge in [0, 0.05) is 11.4 Å². The smallest absolute Gasteiger partial charge is 0.0562 e. The summed E-state index contributed by atoms with van der Waals surface area (Å²) in [5.41, 5.74) is 4.43. The van der Waals surface area contributed by atoms with Crippen LogP contribution in [0.4, 0.5) is 0 Å². The van der Waals surface area contributed by atoms with Crippen LogP contribution in [0.15, 0.2) is 30.5 Å². The van der Waals surface area contributed by atoms with Crippen molar-refractivity contribution < 1.29 is 0 Å². The summed E-state index contributed by atoms with van der Waals surface area (Å²) in [6.07, 6.45) is 7.95. The number of hydrogen-bond donors (Lipinski definition) is 1. The molecular formula is C10H9N. The van der Waals surface area contributed by atoms with Gasteiger partial charge in [0.2, 0.25) is 0 Å². The highest BCUT2D eigenvalue weighted by Gasteiger charge is 1.90. The fraction of sp³-hybridized carbons (Fsp3) is 0.100. The van der Waals surface area contributed by atoms with Crippen molar-refractivity contribution in [3.63, 3.8) is 0 Å². The molecule has 0 aromatic carbocycles. The van der Waals surface area contributed by atoms with Crippen LogP contribution < -0.4 is 10.6 Å². The molecule has 0 amide bonds. The molecule has 0 atom stereocenters. The first kappa shape index (κ1) is 6.26. The minimum atomic E-state index is 1.15. The second kappa shape index (κ2) is 2.30. The molecule has 0 saturated carbocycles. The van der Waals surface area contributed by atoms with Gasteiger partial charge in [-0.25, -0.2) is 0 Å². The molecule has 0 spiro atoms. The standard InChI is InChI=1S/C10H9N/c1-8-4-2-3-5-9-6-7-11-10(8)9/h2-4,6-7,11H,1H3. The predicted molar refractivity (Wildman–Crippen MR) is 46.2 cm³/mol. The molecule has 1 nitrogen and oxygen atoms in total. The molecule has 1 aliphatic carbocycles. The maximum atomic E-state index is 3.18. The van der Waals surface area contributed by atoms with E-state index >= 15 is 0 Å². The summed E-state index contributed by atoms with van der Waals surface area (Å²) in [6.45, 7) is 2.09. The minimum Gasteiger partial charge on any atom is -0.360 e. The molecule has 0 aliphatic heterocycles. The van der Waals surface area contributed by atoms with Crippen molar-refractivity contribution in [3.8, 4) is 0 Å². The molecule has 0 fully saturated rings. The number of fused-ring (bicyclic) bond motifs is 1. The van der Waals surface area contributed by atoms with E-state index in [0.29, 0.717) is 0 Å². The van der Waals surface area contributed by atoms with Crippen LogP contribution in [0.25, 0.3) is 11.3 Å². The van der Waals surface area contributed by atoms with E-state index in [-0.39, 0.29) is 0 Å². The highest BCUT2D eigenvalue weighted by atomic mass is 14.6. The van der Waals surface area contributed by atoms with Crippen molar-refractivity contribution in [2.45, 2.75) is 6.92 Å². The van der Waals surface area contributed by atoms with Crippen LogP contribution in [0.2, 0.25) is 0 Å². The Balaban J connectivity index is 3.06. The first-order valence-electron chi connectivity index (χ1n) is 3.65. The summed E-state index contributed by atoms with van der Waals surface area (Å²) in [4.78, 5) is 3.18. The Kier molecular flexibility index (Phi) is 1.31. The zero-order valence-electron chi connectivity index (χ0n) is 6.39. The first-order valence-corrected chi connectivity index (χ1v) is 3.65. The average molecular weight is 143 g/mol. The lowest BCUT2D eigenvalue weighted by molar-refractivity contribution is 1.30. The zero-order valence-corrected chi connectivity index (χ0v) is 6.39. The zero-order chi connectivity index (χ0) is 7.68. The Bertz CT molecular complexity index is 439. The van der Waals surface area contributed by atoms with Gasteiger partial charge in [-0.1, -0.05) is 12.2 Å². The molecule has 0 radical (unpaired) electrons. The summed E-state index contributed by atoms with van der Waals surface area (Å²) < 4.78 is 0. The van der Waals surface area contributed by atoms with Gasteiger partial charge in [-0.05, 0) is 24.6 Å². The Labute approximate surface area is 65.1 Å². The van der Waals surface area contributed by atoms with Crippen LogP contribution in [-0.2, 0) is 0 Å². The van der Waals surface area contributed by atoms with Crippen molar-refractivity contribution >= 4 is 11.3 Å². The number of rotatable bonds is 0. The van der Waals surface area contributed by atoms with Crippen LogP contribution in [-0.4, -0.2) is 4.98 Å². The van der Waals surface area contributed by atoms with Gasteiger partial charge in [-0.2, -0.15) is 0 Å². The van der Waals surface area contributed by atoms with E-state index in [2.05, 4.69) is 23.7 Å². The van der Waals surface area contributed by atoms with Gasteiger partial charge in [0.15, 0.2) is 0 Å². The molecule has 54 valence electrons. The van der Waals surface area contributed by atoms with Gasteiger partial charge in [0.05, 0.1) is 5.35 Å². The summed E-state index contributed by atoms with van der Waals surface area (Å²) in [7, 11) is 0. The van der Waals surface area contributed by atoms with Crippen LogP contribution in [0.3, 0.4) is 0 Å². The molecule has 1 heteroatoms. The lowest BCUT2D eigenvalue weighted by atomic mass is 10.2. The van der Waals surface area contributed by atoms with E-state index in [9.17, 15) is 0 Å². The molecule has 0 bridgehead atoms. The van der Waals surface area contributed by atoms with Crippen molar-refractivity contribution in [1.82, 2.24) is 4.98 Å². The third-order valence-corrected chi connectivity index (χ3v) is 1.82. The number of hydrogen-bond acceptors (Lipinski definition) is 0. The molecule has 1 aromatic heterocycles. The maximum Gasteiger partial charge on any atom is 0.0562 e. The summed E-state index contributed by atoms with van der Waals surface area (Å²) in [5.74, 6) is 0. The fourth-order valence-corrected chi connectivity index (χ4v) is 1.23. The Morgan fingerprint density at radius 3 is 3.27 bits per heavy atom. The molecule has 1 N–H and O–H groups in total. The topological polar surface area (TPSA) is 15.8 Å². The molecule has 1 aliphatic rings. The van der Waals surface area contributed by atoms with E-state index in [4.69, 9.17) is 0 Å². The van der Waals surface area contributed by atoms with Crippen LogP contribution >= 0.6 is 0 Å². The van der Waals surface area contributed by atoms with E-state index in [1.807, 2.05) is 24.4 Å². The van der Waals surface area contributed by atoms with Gasteiger partial charge in [-0.15, -0.1) is 5.73 Å². The van der Waals surface area contributed by atoms with E-state index in [0.717, 1.165) is 5.22 Å². The number of nitrogens with one attached hydrogen (secondary N) is 1. The second-order valence-corrected chi connectivity index (χ2v) is 2.62. The van der Waals surface area contributed by atoms with Gasteiger partial charge in [-0.3, -0.25) is 0 Å². The molecule has 2 rings (SSSR count). The van der Waals surface area contributed by atoms with Crippen molar-refractivity contribution in [2.75, 3.05) is 0 Å². The largest absolute Gasteiger partial charge is 0.360 e. The third kappa shape index (κ3) is 0.957. The third-order valence-electron chi connectivity index (χ3n) is 1.82. The van der Waals surface area contributed by atoms with E-state index in [1.54, 1.807) is 0 Å². The number of aromatic nitrogens is 1. The quantitative estimate of drug-likeness (QED) is 0.550. The molecule has 11 heavy (non-hydrogen) atoms. The summed E-state index contributed by atoms with van der Waals surface area (Å²) in [5, 5.41) is 2.32. The Hall–Kier alpha value is -1.46. The number of allylic oxidation sites excluding steroid dienone is 3. The highest BCUT2D eigenvalue weighted by Crippen LogP contribution is 1.92. The summed E-state index contributed by atoms with van der Waals surface area (Å²) in [6, 6.07) is 2.03. The first-order chi connectivity index (χ1) is 5.38. The Morgan fingerprint density at radius 2 is 2.36 bits per heavy atom. The number of H-pyrrole nitrogens is 1. The van der Waals surface area contributed by atoms with Crippen molar-refractivity contribution in [3.05, 3.63) is 41.1 Å². The van der Waals surface area contributed by atoms with Gasteiger partial charge in [0.1, 0.15) is 0 Å². The average Bonchev–Trinajstić information content (AvgIpc) is 2.40. The predicted octanol–water partition coefficient (Wildman–Crippen LogP) is 0.691. The second-order valence-electron chi connectivity index (χ2n) is 2.62. The minimum absolute atomic E-state index is 1.15. The van der Waals surface area contributed by atoms with Crippen LogP contribution in [0.1, 0.15) is 6.92 Å². The van der Waals surface area contributed by atoms with Crippen LogP contribution in [0.5, 0.6) is 0 Å². The van der Waals surface area contributed by atoms with Crippen molar-refractivity contribution in [1.29, 1.82) is 0 Å².